The van der Waals surface area contributed by atoms with Crippen LogP contribution in [0.1, 0.15) is 55.2 Å². The van der Waals surface area contributed by atoms with Gasteiger partial charge in [0.2, 0.25) is 15.9 Å². The SMILES string of the molecule is CNS(=O)(=O)c1ccc(CCC(=O)NCc2ccccc2CN(C)C2CCCCC2)cc1. The van der Waals surface area contributed by atoms with E-state index in [9.17, 15) is 13.2 Å². The van der Waals surface area contributed by atoms with Crippen LogP contribution in [-0.4, -0.2) is 39.4 Å². The predicted molar refractivity (Wildman–Crippen MR) is 128 cm³/mol. The molecule has 3 rings (SSSR count). The lowest BCUT2D eigenvalue weighted by Gasteiger charge is -2.31. The van der Waals surface area contributed by atoms with Crippen LogP contribution in [0.3, 0.4) is 0 Å². The molecule has 0 radical (unpaired) electrons. The van der Waals surface area contributed by atoms with Crippen molar-refractivity contribution in [2.75, 3.05) is 14.1 Å². The second kappa shape index (κ2) is 11.6. The molecule has 6 nitrogen and oxygen atoms in total. The first-order valence-electron chi connectivity index (χ1n) is 11.5. The minimum atomic E-state index is -3.44. The van der Waals surface area contributed by atoms with E-state index in [0.29, 0.717) is 25.4 Å². The highest BCUT2D eigenvalue weighted by Crippen LogP contribution is 2.23. The van der Waals surface area contributed by atoms with E-state index in [4.69, 9.17) is 0 Å². The van der Waals surface area contributed by atoms with Crippen LogP contribution in [0.4, 0.5) is 0 Å². The molecule has 0 heterocycles. The molecule has 0 saturated heterocycles. The molecule has 0 atom stereocenters. The van der Waals surface area contributed by atoms with Crippen molar-refractivity contribution in [3.63, 3.8) is 0 Å². The molecule has 1 aliphatic carbocycles. The number of nitrogens with one attached hydrogen (secondary N) is 2. The van der Waals surface area contributed by atoms with Crippen LogP contribution in [-0.2, 0) is 34.3 Å². The van der Waals surface area contributed by atoms with Crippen molar-refractivity contribution in [2.45, 2.75) is 69.0 Å². The maximum absolute atomic E-state index is 12.4. The fourth-order valence-corrected chi connectivity index (χ4v) is 5.03. The van der Waals surface area contributed by atoms with E-state index in [1.54, 1.807) is 24.3 Å². The minimum Gasteiger partial charge on any atom is -0.352 e. The minimum absolute atomic E-state index is 0.00707. The first-order chi connectivity index (χ1) is 15.4. The average Bonchev–Trinajstić information content (AvgIpc) is 2.83. The number of sulfonamides is 1. The quantitative estimate of drug-likeness (QED) is 0.571. The highest BCUT2D eigenvalue weighted by Gasteiger charge is 2.19. The summed E-state index contributed by atoms with van der Waals surface area (Å²) < 4.78 is 25.9. The first kappa shape index (κ1) is 24.4. The third-order valence-corrected chi connectivity index (χ3v) is 7.79. The van der Waals surface area contributed by atoms with Gasteiger partial charge in [-0.05, 0) is 62.2 Å². The molecule has 32 heavy (non-hydrogen) atoms. The van der Waals surface area contributed by atoms with Crippen LogP contribution >= 0.6 is 0 Å². The van der Waals surface area contributed by atoms with E-state index in [2.05, 4.69) is 40.2 Å². The van der Waals surface area contributed by atoms with Crippen molar-refractivity contribution in [2.24, 2.45) is 0 Å². The van der Waals surface area contributed by atoms with E-state index in [1.165, 1.54) is 44.7 Å². The van der Waals surface area contributed by atoms with E-state index >= 15 is 0 Å². The van der Waals surface area contributed by atoms with Crippen LogP contribution in [0.5, 0.6) is 0 Å². The molecule has 2 aromatic rings. The Morgan fingerprint density at radius 1 is 1.00 bits per heavy atom. The second-order valence-corrected chi connectivity index (χ2v) is 10.5. The standard InChI is InChI=1S/C25H35N3O3S/c1-26-32(30,31)24-15-12-20(13-16-24)14-17-25(29)27-18-21-8-6-7-9-22(21)19-28(2)23-10-4-3-5-11-23/h6-9,12-13,15-16,23,26H,3-5,10-11,14,17-19H2,1-2H3,(H,27,29). The summed E-state index contributed by atoms with van der Waals surface area (Å²) in [6.45, 7) is 1.42. The normalized spacial score (nSPS) is 15.1. The van der Waals surface area contributed by atoms with Gasteiger partial charge in [-0.3, -0.25) is 9.69 Å². The Bertz CT molecular complexity index is 984. The van der Waals surface area contributed by atoms with Gasteiger partial charge in [-0.1, -0.05) is 55.7 Å². The van der Waals surface area contributed by atoms with E-state index in [0.717, 1.165) is 17.7 Å². The van der Waals surface area contributed by atoms with Gasteiger partial charge in [0.1, 0.15) is 0 Å². The van der Waals surface area contributed by atoms with Crippen LogP contribution in [0.15, 0.2) is 53.4 Å². The van der Waals surface area contributed by atoms with Crippen LogP contribution in [0.25, 0.3) is 0 Å². The molecule has 0 unspecified atom stereocenters. The van der Waals surface area contributed by atoms with E-state index in [1.807, 2.05) is 6.07 Å². The van der Waals surface area contributed by atoms with Gasteiger partial charge in [-0.2, -0.15) is 0 Å². The van der Waals surface area contributed by atoms with Crippen molar-refractivity contribution in [3.8, 4) is 0 Å². The second-order valence-electron chi connectivity index (χ2n) is 8.60. The topological polar surface area (TPSA) is 78.5 Å². The molecule has 174 valence electrons. The molecule has 1 saturated carbocycles. The van der Waals surface area contributed by atoms with Crippen molar-refractivity contribution in [3.05, 3.63) is 65.2 Å². The fourth-order valence-electron chi connectivity index (χ4n) is 4.30. The molecule has 2 aromatic carbocycles. The molecule has 1 fully saturated rings. The lowest BCUT2D eigenvalue weighted by molar-refractivity contribution is -0.121. The number of rotatable bonds is 10. The number of carbonyl (C=O) groups excluding carboxylic acids is 1. The van der Waals surface area contributed by atoms with Crippen LogP contribution in [0.2, 0.25) is 0 Å². The number of nitrogens with zero attached hydrogens (tertiary/aromatic N) is 1. The summed E-state index contributed by atoms with van der Waals surface area (Å²) in [6.07, 6.45) is 7.47. The summed E-state index contributed by atoms with van der Waals surface area (Å²) in [6, 6.07) is 15.6. The maximum atomic E-state index is 12.4. The van der Waals surface area contributed by atoms with Crippen molar-refractivity contribution in [1.82, 2.24) is 14.9 Å². The number of aryl methyl sites for hydroxylation is 1. The van der Waals surface area contributed by atoms with Gasteiger partial charge in [-0.15, -0.1) is 0 Å². The molecule has 7 heteroatoms. The zero-order valence-electron chi connectivity index (χ0n) is 19.1. The Hall–Kier alpha value is -2.22. The Morgan fingerprint density at radius 3 is 2.31 bits per heavy atom. The number of hydrogen-bond acceptors (Lipinski definition) is 4. The number of benzene rings is 2. The van der Waals surface area contributed by atoms with Crippen LogP contribution < -0.4 is 10.0 Å². The number of hydrogen-bond donors (Lipinski definition) is 2. The Morgan fingerprint density at radius 2 is 1.66 bits per heavy atom. The molecular weight excluding hydrogens is 422 g/mol. The average molecular weight is 458 g/mol. The molecule has 1 aliphatic rings. The maximum Gasteiger partial charge on any atom is 0.240 e. The molecule has 0 aromatic heterocycles. The molecule has 0 bridgehead atoms. The Kier molecular flexibility index (Phi) is 8.84. The smallest absolute Gasteiger partial charge is 0.240 e. The van der Waals surface area contributed by atoms with Gasteiger partial charge in [-0.25, -0.2) is 13.1 Å². The highest BCUT2D eigenvalue weighted by atomic mass is 32.2. The largest absolute Gasteiger partial charge is 0.352 e. The van der Waals surface area contributed by atoms with Gasteiger partial charge in [0, 0.05) is 25.6 Å². The molecule has 0 spiro atoms. The van der Waals surface area contributed by atoms with Crippen molar-refractivity contribution < 1.29 is 13.2 Å². The van der Waals surface area contributed by atoms with Gasteiger partial charge >= 0.3 is 0 Å². The first-order valence-corrected chi connectivity index (χ1v) is 12.9. The number of amides is 1. The molecular formula is C25H35N3O3S. The predicted octanol–water partition coefficient (Wildman–Crippen LogP) is 3.61. The lowest BCUT2D eigenvalue weighted by atomic mass is 9.94. The fraction of sp³-hybridized carbons (Fsp3) is 0.480. The molecule has 1 amide bonds. The summed E-state index contributed by atoms with van der Waals surface area (Å²) >= 11 is 0. The summed E-state index contributed by atoms with van der Waals surface area (Å²) in [5.74, 6) is -0.00707. The third-order valence-electron chi connectivity index (χ3n) is 6.36. The molecule has 2 N–H and O–H groups in total. The van der Waals surface area contributed by atoms with Gasteiger partial charge in [0.25, 0.3) is 0 Å². The zero-order valence-corrected chi connectivity index (χ0v) is 20.0. The third kappa shape index (κ3) is 6.89. The van der Waals surface area contributed by atoms with Crippen molar-refractivity contribution in [1.29, 1.82) is 0 Å². The molecule has 0 aliphatic heterocycles. The summed E-state index contributed by atoms with van der Waals surface area (Å²) in [7, 11) is 0.157. The summed E-state index contributed by atoms with van der Waals surface area (Å²) in [5, 5.41) is 3.04. The highest BCUT2D eigenvalue weighted by molar-refractivity contribution is 7.89. The lowest BCUT2D eigenvalue weighted by Crippen LogP contribution is -2.33. The Labute approximate surface area is 192 Å². The van der Waals surface area contributed by atoms with E-state index < -0.39 is 10.0 Å². The monoisotopic (exact) mass is 457 g/mol. The Balaban J connectivity index is 1.49. The summed E-state index contributed by atoms with van der Waals surface area (Å²) in [4.78, 5) is 15.1. The van der Waals surface area contributed by atoms with Gasteiger partial charge in [0.15, 0.2) is 0 Å². The van der Waals surface area contributed by atoms with Gasteiger partial charge < -0.3 is 5.32 Å². The summed E-state index contributed by atoms with van der Waals surface area (Å²) in [5.41, 5.74) is 3.36. The zero-order chi connectivity index (χ0) is 23.0. The van der Waals surface area contributed by atoms with Gasteiger partial charge in [0.05, 0.1) is 4.90 Å². The van der Waals surface area contributed by atoms with E-state index in [-0.39, 0.29) is 10.8 Å². The van der Waals surface area contributed by atoms with Crippen molar-refractivity contribution >= 4 is 15.9 Å². The number of carbonyl (C=O) groups is 1. The van der Waals surface area contributed by atoms with Crippen LogP contribution in [0, 0.1) is 0 Å².